The molecule has 0 atom stereocenters. The van der Waals surface area contributed by atoms with Crippen LogP contribution < -0.4 is 10.2 Å². The summed E-state index contributed by atoms with van der Waals surface area (Å²) in [7, 11) is 2.09. The van der Waals surface area contributed by atoms with Crippen molar-refractivity contribution in [2.45, 2.75) is 19.8 Å². The summed E-state index contributed by atoms with van der Waals surface area (Å²) in [6, 6.07) is 15.4. The molecule has 0 radical (unpaired) electrons. The Labute approximate surface area is 143 Å². The number of nitrogens with zero attached hydrogens (tertiary/aromatic N) is 1. The van der Waals surface area contributed by atoms with Gasteiger partial charge in [0.25, 0.3) is 5.91 Å². The molecule has 2 aromatic rings. The summed E-state index contributed by atoms with van der Waals surface area (Å²) in [6.45, 7) is 3.72. The quantitative estimate of drug-likeness (QED) is 0.773. The molecule has 3 nitrogen and oxygen atoms in total. The number of anilines is 1. The van der Waals surface area contributed by atoms with Gasteiger partial charge in [0, 0.05) is 36.4 Å². The average Bonchev–Trinajstić information content (AvgIpc) is 2.58. The third-order valence-corrected chi connectivity index (χ3v) is 4.10. The van der Waals surface area contributed by atoms with Gasteiger partial charge in [0.15, 0.2) is 0 Å². The maximum Gasteiger partial charge on any atom is 0.251 e. The summed E-state index contributed by atoms with van der Waals surface area (Å²) in [5.74, 6) is -0.0571. The largest absolute Gasteiger partial charge is 0.374 e. The zero-order valence-electron chi connectivity index (χ0n) is 13.7. The van der Waals surface area contributed by atoms with Crippen LogP contribution in [0.5, 0.6) is 0 Å². The van der Waals surface area contributed by atoms with Crippen LogP contribution in [-0.4, -0.2) is 26.0 Å². The summed E-state index contributed by atoms with van der Waals surface area (Å²) >= 11 is 5.82. The van der Waals surface area contributed by atoms with Crippen molar-refractivity contribution in [2.24, 2.45) is 0 Å². The number of benzene rings is 2. The predicted octanol–water partition coefficient (Wildman–Crippen LogP) is 4.16. The number of para-hydroxylation sites is 1. The fourth-order valence-electron chi connectivity index (χ4n) is 2.52. The lowest BCUT2D eigenvalue weighted by atomic mass is 10.1. The van der Waals surface area contributed by atoms with Crippen molar-refractivity contribution in [2.75, 3.05) is 25.0 Å². The van der Waals surface area contributed by atoms with Crippen LogP contribution >= 0.6 is 11.6 Å². The van der Waals surface area contributed by atoms with E-state index in [1.54, 1.807) is 24.3 Å². The minimum absolute atomic E-state index is 0.0571. The molecule has 0 spiro atoms. The molecule has 0 aliphatic rings. The Balaban J connectivity index is 1.78. The van der Waals surface area contributed by atoms with Gasteiger partial charge >= 0.3 is 0 Å². The summed E-state index contributed by atoms with van der Waals surface area (Å²) < 4.78 is 0. The van der Waals surface area contributed by atoms with Gasteiger partial charge in [0.1, 0.15) is 0 Å². The lowest BCUT2D eigenvalue weighted by molar-refractivity contribution is 0.0953. The fraction of sp³-hybridized carbons (Fsp3) is 0.316. The highest BCUT2D eigenvalue weighted by Crippen LogP contribution is 2.19. The molecule has 0 aromatic heterocycles. The Kier molecular flexibility index (Phi) is 6.48. The normalized spacial score (nSPS) is 10.4. The highest BCUT2D eigenvalue weighted by molar-refractivity contribution is 6.30. The summed E-state index contributed by atoms with van der Waals surface area (Å²) in [4.78, 5) is 14.2. The molecule has 0 aliphatic carbocycles. The minimum atomic E-state index is -0.0571. The molecule has 23 heavy (non-hydrogen) atoms. The van der Waals surface area contributed by atoms with Crippen molar-refractivity contribution < 1.29 is 4.79 Å². The van der Waals surface area contributed by atoms with E-state index in [0.717, 1.165) is 19.4 Å². The first kappa shape index (κ1) is 17.4. The molecule has 0 heterocycles. The second kappa shape index (κ2) is 8.59. The average molecular weight is 331 g/mol. The standard InChI is InChI=1S/C19H23ClN2O/c1-3-15-7-4-5-8-18(15)22(2)14-6-13-21-19(23)16-9-11-17(20)12-10-16/h4-5,7-12H,3,6,13-14H2,1-2H3,(H,21,23). The molecule has 0 saturated carbocycles. The van der Waals surface area contributed by atoms with Gasteiger partial charge in [-0.15, -0.1) is 0 Å². The number of aryl methyl sites for hydroxylation is 1. The smallest absolute Gasteiger partial charge is 0.251 e. The van der Waals surface area contributed by atoms with Gasteiger partial charge in [-0.2, -0.15) is 0 Å². The molecule has 2 rings (SSSR count). The molecule has 0 saturated heterocycles. The van der Waals surface area contributed by atoms with Gasteiger partial charge in [-0.1, -0.05) is 36.7 Å². The van der Waals surface area contributed by atoms with Crippen molar-refractivity contribution >= 4 is 23.2 Å². The van der Waals surface area contributed by atoms with Crippen molar-refractivity contribution in [3.63, 3.8) is 0 Å². The summed E-state index contributed by atoms with van der Waals surface area (Å²) in [5.41, 5.74) is 3.25. The monoisotopic (exact) mass is 330 g/mol. The molecule has 1 N–H and O–H groups in total. The van der Waals surface area contributed by atoms with Crippen LogP contribution in [0, 0.1) is 0 Å². The van der Waals surface area contributed by atoms with E-state index in [4.69, 9.17) is 11.6 Å². The Morgan fingerprint density at radius 1 is 1.13 bits per heavy atom. The zero-order chi connectivity index (χ0) is 16.7. The third-order valence-electron chi connectivity index (χ3n) is 3.85. The number of hydrogen-bond acceptors (Lipinski definition) is 2. The highest BCUT2D eigenvalue weighted by Gasteiger charge is 2.07. The van der Waals surface area contributed by atoms with E-state index in [9.17, 15) is 4.79 Å². The Morgan fingerprint density at radius 2 is 1.83 bits per heavy atom. The van der Waals surface area contributed by atoms with Crippen molar-refractivity contribution in [1.29, 1.82) is 0 Å². The molecular formula is C19H23ClN2O. The van der Waals surface area contributed by atoms with Gasteiger partial charge in [0.05, 0.1) is 0 Å². The number of carbonyl (C=O) groups is 1. The van der Waals surface area contributed by atoms with Crippen LogP contribution in [0.1, 0.15) is 29.3 Å². The van der Waals surface area contributed by atoms with E-state index in [1.165, 1.54) is 11.3 Å². The van der Waals surface area contributed by atoms with Crippen LogP contribution in [0.3, 0.4) is 0 Å². The van der Waals surface area contributed by atoms with E-state index < -0.39 is 0 Å². The molecule has 0 unspecified atom stereocenters. The molecule has 0 aliphatic heterocycles. The Morgan fingerprint density at radius 3 is 2.52 bits per heavy atom. The van der Waals surface area contributed by atoms with Gasteiger partial charge in [0.2, 0.25) is 0 Å². The topological polar surface area (TPSA) is 32.3 Å². The molecule has 0 fully saturated rings. The maximum atomic E-state index is 12.0. The first-order valence-corrected chi connectivity index (χ1v) is 8.32. The number of hydrogen-bond donors (Lipinski definition) is 1. The van der Waals surface area contributed by atoms with Crippen molar-refractivity contribution in [1.82, 2.24) is 5.32 Å². The molecule has 1 amide bonds. The SMILES string of the molecule is CCc1ccccc1N(C)CCCNC(=O)c1ccc(Cl)cc1. The lowest BCUT2D eigenvalue weighted by Crippen LogP contribution is -2.28. The second-order valence-corrected chi connectivity index (χ2v) is 5.96. The maximum absolute atomic E-state index is 12.0. The number of halogens is 1. The van der Waals surface area contributed by atoms with Crippen molar-refractivity contribution in [3.05, 3.63) is 64.7 Å². The molecular weight excluding hydrogens is 308 g/mol. The number of amides is 1. The van der Waals surface area contributed by atoms with Crippen LogP contribution in [0.4, 0.5) is 5.69 Å². The van der Waals surface area contributed by atoms with E-state index >= 15 is 0 Å². The van der Waals surface area contributed by atoms with Gasteiger partial charge in [-0.05, 0) is 48.7 Å². The summed E-state index contributed by atoms with van der Waals surface area (Å²) in [6.07, 6.45) is 1.92. The summed E-state index contributed by atoms with van der Waals surface area (Å²) in [5, 5.41) is 3.58. The van der Waals surface area contributed by atoms with E-state index in [2.05, 4.69) is 48.5 Å². The number of rotatable bonds is 7. The molecule has 0 bridgehead atoms. The first-order chi connectivity index (χ1) is 11.1. The van der Waals surface area contributed by atoms with Crippen LogP contribution in [0.15, 0.2) is 48.5 Å². The number of nitrogens with one attached hydrogen (secondary N) is 1. The van der Waals surface area contributed by atoms with Gasteiger partial charge < -0.3 is 10.2 Å². The van der Waals surface area contributed by atoms with Gasteiger partial charge in [-0.25, -0.2) is 0 Å². The fourth-order valence-corrected chi connectivity index (χ4v) is 2.65. The van der Waals surface area contributed by atoms with E-state index in [0.29, 0.717) is 17.1 Å². The minimum Gasteiger partial charge on any atom is -0.374 e. The van der Waals surface area contributed by atoms with Crippen LogP contribution in [-0.2, 0) is 6.42 Å². The van der Waals surface area contributed by atoms with Crippen molar-refractivity contribution in [3.8, 4) is 0 Å². The zero-order valence-corrected chi connectivity index (χ0v) is 14.4. The molecule has 122 valence electrons. The molecule has 2 aromatic carbocycles. The van der Waals surface area contributed by atoms with E-state index in [-0.39, 0.29) is 5.91 Å². The molecule has 4 heteroatoms. The third kappa shape index (κ3) is 5.00. The lowest BCUT2D eigenvalue weighted by Gasteiger charge is -2.22. The first-order valence-electron chi connectivity index (χ1n) is 7.94. The van der Waals surface area contributed by atoms with E-state index in [1.807, 2.05) is 0 Å². The van der Waals surface area contributed by atoms with Crippen LogP contribution in [0.2, 0.25) is 5.02 Å². The predicted molar refractivity (Wildman–Crippen MR) is 97.5 cm³/mol. The Hall–Kier alpha value is -2.00. The van der Waals surface area contributed by atoms with Gasteiger partial charge in [-0.3, -0.25) is 4.79 Å². The second-order valence-electron chi connectivity index (χ2n) is 5.52. The Bertz CT molecular complexity index is 640. The highest BCUT2D eigenvalue weighted by atomic mass is 35.5. The number of carbonyl (C=O) groups excluding carboxylic acids is 1. The van der Waals surface area contributed by atoms with Crippen LogP contribution in [0.25, 0.3) is 0 Å².